The van der Waals surface area contributed by atoms with E-state index in [4.69, 9.17) is 4.74 Å². The highest BCUT2D eigenvalue weighted by atomic mass is 19.4. The molecule has 0 bridgehead atoms. The molecular formula is C16H10F3NO. The Kier molecular flexibility index (Phi) is 3.25. The number of ether oxygens (including phenoxy) is 1. The van der Waals surface area contributed by atoms with Gasteiger partial charge in [0.2, 0.25) is 0 Å². The summed E-state index contributed by atoms with van der Waals surface area (Å²) in [6, 6.07) is 13.6. The summed E-state index contributed by atoms with van der Waals surface area (Å²) in [6.07, 6.45) is -2.67. The van der Waals surface area contributed by atoms with Crippen LogP contribution in [-0.4, -0.2) is 4.98 Å². The first-order chi connectivity index (χ1) is 10.0. The Labute approximate surface area is 118 Å². The van der Waals surface area contributed by atoms with Crippen LogP contribution in [0.3, 0.4) is 0 Å². The van der Waals surface area contributed by atoms with Gasteiger partial charge < -0.3 is 4.74 Å². The summed E-state index contributed by atoms with van der Waals surface area (Å²) in [5.41, 5.74) is 0.0661. The van der Waals surface area contributed by atoms with Gasteiger partial charge in [0.1, 0.15) is 11.5 Å². The van der Waals surface area contributed by atoms with Crippen LogP contribution >= 0.6 is 0 Å². The van der Waals surface area contributed by atoms with E-state index in [0.717, 1.165) is 23.0 Å². The highest BCUT2D eigenvalue weighted by Crippen LogP contribution is 2.33. The summed E-state index contributed by atoms with van der Waals surface area (Å²) in [7, 11) is 0. The maximum atomic E-state index is 12.5. The number of pyridine rings is 1. The molecule has 0 saturated heterocycles. The number of nitrogens with zero attached hydrogens (tertiary/aromatic N) is 1. The molecule has 0 saturated carbocycles. The average Bonchev–Trinajstić information content (AvgIpc) is 2.47. The van der Waals surface area contributed by atoms with E-state index in [0.29, 0.717) is 11.5 Å². The van der Waals surface area contributed by atoms with E-state index in [9.17, 15) is 13.2 Å². The minimum absolute atomic E-state index is 0.347. The van der Waals surface area contributed by atoms with Gasteiger partial charge in [0.15, 0.2) is 0 Å². The standard InChI is InChI=1S/C16H10F3NO/c17-16(18,19)11-6-8-12(9-7-11)21-15-5-1-4-14-13(15)3-2-10-20-14/h1-10H. The molecule has 5 heteroatoms. The zero-order chi connectivity index (χ0) is 14.9. The lowest BCUT2D eigenvalue weighted by Crippen LogP contribution is -2.04. The van der Waals surface area contributed by atoms with Gasteiger partial charge in [0.05, 0.1) is 11.1 Å². The Morgan fingerprint density at radius 3 is 2.33 bits per heavy atom. The van der Waals surface area contributed by atoms with Gasteiger partial charge in [-0.2, -0.15) is 13.2 Å². The fourth-order valence-electron chi connectivity index (χ4n) is 2.00. The van der Waals surface area contributed by atoms with Crippen LogP contribution in [-0.2, 0) is 6.18 Å². The first-order valence-corrected chi connectivity index (χ1v) is 6.23. The van der Waals surface area contributed by atoms with Crippen molar-refractivity contribution in [1.82, 2.24) is 4.98 Å². The summed E-state index contributed by atoms with van der Waals surface area (Å²) in [5, 5.41) is 0.805. The largest absolute Gasteiger partial charge is 0.457 e. The van der Waals surface area contributed by atoms with Crippen LogP contribution in [0.25, 0.3) is 10.9 Å². The van der Waals surface area contributed by atoms with Crippen LogP contribution in [0.15, 0.2) is 60.8 Å². The molecule has 0 aliphatic heterocycles. The van der Waals surface area contributed by atoms with Crippen LogP contribution in [0, 0.1) is 0 Å². The molecule has 0 amide bonds. The predicted molar refractivity (Wildman–Crippen MR) is 73.3 cm³/mol. The molecule has 3 aromatic rings. The van der Waals surface area contributed by atoms with E-state index in [2.05, 4.69) is 4.98 Å². The molecule has 1 aromatic heterocycles. The van der Waals surface area contributed by atoms with E-state index in [1.165, 1.54) is 12.1 Å². The summed E-state index contributed by atoms with van der Waals surface area (Å²) in [5.74, 6) is 0.903. The van der Waals surface area contributed by atoms with Crippen molar-refractivity contribution in [2.75, 3.05) is 0 Å². The molecule has 0 fully saturated rings. The monoisotopic (exact) mass is 289 g/mol. The van der Waals surface area contributed by atoms with E-state index in [1.54, 1.807) is 24.4 Å². The molecule has 0 aliphatic rings. The predicted octanol–water partition coefficient (Wildman–Crippen LogP) is 5.05. The third-order valence-corrected chi connectivity index (χ3v) is 3.02. The van der Waals surface area contributed by atoms with Crippen LogP contribution in [0.1, 0.15) is 5.56 Å². The van der Waals surface area contributed by atoms with Gasteiger partial charge in [-0.1, -0.05) is 6.07 Å². The summed E-state index contributed by atoms with van der Waals surface area (Å²) in [6.45, 7) is 0. The molecule has 0 aliphatic carbocycles. The minimum Gasteiger partial charge on any atom is -0.457 e. The second kappa shape index (κ2) is 5.09. The Bertz CT molecular complexity index is 761. The lowest BCUT2D eigenvalue weighted by Gasteiger charge is -2.10. The Morgan fingerprint density at radius 2 is 1.62 bits per heavy atom. The Morgan fingerprint density at radius 1 is 0.857 bits per heavy atom. The van der Waals surface area contributed by atoms with E-state index >= 15 is 0 Å². The first-order valence-electron chi connectivity index (χ1n) is 6.23. The number of hydrogen-bond donors (Lipinski definition) is 0. The maximum absolute atomic E-state index is 12.5. The van der Waals surface area contributed by atoms with Gasteiger partial charge in [0, 0.05) is 11.6 Å². The summed E-state index contributed by atoms with van der Waals surface area (Å²) < 4.78 is 43.2. The highest BCUT2D eigenvalue weighted by Gasteiger charge is 2.30. The smallest absolute Gasteiger partial charge is 0.416 e. The molecule has 2 nitrogen and oxygen atoms in total. The number of halogens is 3. The molecule has 106 valence electrons. The van der Waals surface area contributed by atoms with Crippen molar-refractivity contribution in [3.63, 3.8) is 0 Å². The Hall–Kier alpha value is -2.56. The number of fused-ring (bicyclic) bond motifs is 1. The van der Waals surface area contributed by atoms with Gasteiger partial charge in [-0.25, -0.2) is 0 Å². The molecule has 0 atom stereocenters. The van der Waals surface area contributed by atoms with Crippen molar-refractivity contribution in [3.8, 4) is 11.5 Å². The molecule has 0 N–H and O–H groups in total. The second-order valence-electron chi connectivity index (χ2n) is 4.45. The molecule has 0 unspecified atom stereocenters. The molecular weight excluding hydrogens is 279 g/mol. The number of alkyl halides is 3. The third kappa shape index (κ3) is 2.81. The number of aromatic nitrogens is 1. The lowest BCUT2D eigenvalue weighted by atomic mass is 10.2. The van der Waals surface area contributed by atoms with Gasteiger partial charge in [-0.15, -0.1) is 0 Å². The van der Waals surface area contributed by atoms with Crippen molar-refractivity contribution >= 4 is 10.9 Å². The fourth-order valence-corrected chi connectivity index (χ4v) is 2.00. The van der Waals surface area contributed by atoms with Crippen LogP contribution in [0.5, 0.6) is 11.5 Å². The first kappa shape index (κ1) is 13.4. The molecule has 2 aromatic carbocycles. The lowest BCUT2D eigenvalue weighted by molar-refractivity contribution is -0.137. The number of benzene rings is 2. The van der Waals surface area contributed by atoms with Crippen molar-refractivity contribution < 1.29 is 17.9 Å². The zero-order valence-corrected chi connectivity index (χ0v) is 10.8. The molecule has 0 radical (unpaired) electrons. The summed E-state index contributed by atoms with van der Waals surface area (Å²) >= 11 is 0. The van der Waals surface area contributed by atoms with Gasteiger partial charge in [0.25, 0.3) is 0 Å². The SMILES string of the molecule is FC(F)(F)c1ccc(Oc2cccc3ncccc23)cc1. The van der Waals surface area contributed by atoms with Gasteiger partial charge >= 0.3 is 6.18 Å². The normalized spacial score (nSPS) is 11.6. The molecule has 0 spiro atoms. The molecule has 21 heavy (non-hydrogen) atoms. The maximum Gasteiger partial charge on any atom is 0.416 e. The minimum atomic E-state index is -4.35. The van der Waals surface area contributed by atoms with Crippen molar-refractivity contribution in [2.24, 2.45) is 0 Å². The van der Waals surface area contributed by atoms with Crippen LogP contribution < -0.4 is 4.74 Å². The van der Waals surface area contributed by atoms with Gasteiger partial charge in [-0.3, -0.25) is 4.98 Å². The fraction of sp³-hybridized carbons (Fsp3) is 0.0625. The average molecular weight is 289 g/mol. The zero-order valence-electron chi connectivity index (χ0n) is 10.8. The van der Waals surface area contributed by atoms with E-state index in [-0.39, 0.29) is 0 Å². The summed E-state index contributed by atoms with van der Waals surface area (Å²) in [4.78, 5) is 4.20. The topological polar surface area (TPSA) is 22.1 Å². The highest BCUT2D eigenvalue weighted by molar-refractivity contribution is 5.85. The number of hydrogen-bond acceptors (Lipinski definition) is 2. The number of rotatable bonds is 2. The van der Waals surface area contributed by atoms with Crippen LogP contribution in [0.2, 0.25) is 0 Å². The van der Waals surface area contributed by atoms with E-state index < -0.39 is 11.7 Å². The third-order valence-electron chi connectivity index (χ3n) is 3.02. The van der Waals surface area contributed by atoms with E-state index in [1.807, 2.05) is 12.1 Å². The quantitative estimate of drug-likeness (QED) is 0.659. The molecule has 1 heterocycles. The van der Waals surface area contributed by atoms with Crippen molar-refractivity contribution in [2.45, 2.75) is 6.18 Å². The van der Waals surface area contributed by atoms with Crippen molar-refractivity contribution in [1.29, 1.82) is 0 Å². The second-order valence-corrected chi connectivity index (χ2v) is 4.45. The molecule has 3 rings (SSSR count). The van der Waals surface area contributed by atoms with Gasteiger partial charge in [-0.05, 0) is 48.5 Å². The Balaban J connectivity index is 1.92. The van der Waals surface area contributed by atoms with Crippen LogP contribution in [0.4, 0.5) is 13.2 Å². The van der Waals surface area contributed by atoms with Crippen molar-refractivity contribution in [3.05, 3.63) is 66.4 Å².